The molecule has 0 radical (unpaired) electrons. The number of carboxylic acid groups (broad SMARTS) is 1. The van der Waals surface area contributed by atoms with Gasteiger partial charge in [0.05, 0.1) is 31.2 Å². The van der Waals surface area contributed by atoms with Crippen LogP contribution in [0.2, 0.25) is 0 Å². The molecule has 1 aromatic heterocycles. The first-order chi connectivity index (χ1) is 10.3. The third-order valence-corrected chi connectivity index (χ3v) is 3.20. The van der Waals surface area contributed by atoms with Crippen LogP contribution in [0.15, 0.2) is 18.3 Å². The van der Waals surface area contributed by atoms with Crippen molar-refractivity contribution >= 4 is 11.9 Å². The van der Waals surface area contributed by atoms with E-state index in [9.17, 15) is 22.8 Å². The Bertz CT molecular complexity index is 559. The number of morpholine rings is 1. The number of carboxylic acids is 1. The zero-order valence-electron chi connectivity index (χ0n) is 11.3. The van der Waals surface area contributed by atoms with Crippen molar-refractivity contribution in [3.05, 3.63) is 29.6 Å². The van der Waals surface area contributed by atoms with Gasteiger partial charge in [-0.25, -0.2) is 0 Å². The first-order valence-corrected chi connectivity index (χ1v) is 6.43. The summed E-state index contributed by atoms with van der Waals surface area (Å²) in [5.74, 6) is -1.64. The standard InChI is InChI=1S/C13H13F3N2O4/c14-13(15,16)10-2-1-8(6-17-10)12(21)18-3-4-22-7-9(18)5-11(19)20/h1-2,6,9H,3-5,7H2,(H,19,20)/t9-/m1/s1. The zero-order valence-corrected chi connectivity index (χ0v) is 11.3. The van der Waals surface area contributed by atoms with Crippen LogP contribution in [0, 0.1) is 0 Å². The number of aromatic nitrogens is 1. The number of nitrogens with zero attached hydrogens (tertiary/aromatic N) is 2. The van der Waals surface area contributed by atoms with E-state index in [0.29, 0.717) is 0 Å². The van der Waals surface area contributed by atoms with Gasteiger partial charge in [-0.2, -0.15) is 13.2 Å². The Balaban J connectivity index is 2.16. The molecule has 0 aromatic carbocycles. The Morgan fingerprint density at radius 1 is 1.41 bits per heavy atom. The van der Waals surface area contributed by atoms with Gasteiger partial charge in [0.1, 0.15) is 5.69 Å². The summed E-state index contributed by atoms with van der Waals surface area (Å²) in [5, 5.41) is 8.83. The number of rotatable bonds is 3. The van der Waals surface area contributed by atoms with Crippen LogP contribution in [0.25, 0.3) is 0 Å². The van der Waals surface area contributed by atoms with Gasteiger partial charge in [-0.05, 0) is 12.1 Å². The highest BCUT2D eigenvalue weighted by molar-refractivity contribution is 5.94. The third-order valence-electron chi connectivity index (χ3n) is 3.20. The van der Waals surface area contributed by atoms with Gasteiger partial charge in [0, 0.05) is 12.7 Å². The fourth-order valence-corrected chi connectivity index (χ4v) is 2.15. The molecule has 0 saturated carbocycles. The quantitative estimate of drug-likeness (QED) is 0.911. The monoisotopic (exact) mass is 318 g/mol. The number of carbonyl (C=O) groups excluding carboxylic acids is 1. The molecule has 1 atom stereocenters. The van der Waals surface area contributed by atoms with Crippen LogP contribution in [-0.4, -0.2) is 52.7 Å². The summed E-state index contributed by atoms with van der Waals surface area (Å²) in [6.45, 7) is 0.500. The average Bonchev–Trinajstić information content (AvgIpc) is 2.46. The minimum absolute atomic E-state index is 0.0229. The van der Waals surface area contributed by atoms with Crippen LogP contribution in [0.3, 0.4) is 0 Å². The molecule has 1 saturated heterocycles. The molecule has 0 aliphatic carbocycles. The molecule has 2 rings (SSSR count). The molecular formula is C13H13F3N2O4. The fraction of sp³-hybridized carbons (Fsp3) is 0.462. The van der Waals surface area contributed by atoms with Gasteiger partial charge in [-0.15, -0.1) is 0 Å². The topological polar surface area (TPSA) is 79.7 Å². The molecule has 1 N–H and O–H groups in total. The molecule has 1 aromatic rings. The van der Waals surface area contributed by atoms with E-state index >= 15 is 0 Å². The second kappa shape index (κ2) is 6.30. The Morgan fingerprint density at radius 2 is 2.14 bits per heavy atom. The minimum Gasteiger partial charge on any atom is -0.481 e. The van der Waals surface area contributed by atoms with Crippen molar-refractivity contribution in [2.45, 2.75) is 18.6 Å². The maximum atomic E-state index is 12.4. The van der Waals surface area contributed by atoms with Crippen LogP contribution in [-0.2, 0) is 15.7 Å². The van der Waals surface area contributed by atoms with Gasteiger partial charge >= 0.3 is 12.1 Å². The van der Waals surface area contributed by atoms with Gasteiger partial charge in [-0.1, -0.05) is 0 Å². The molecule has 1 aliphatic heterocycles. The number of pyridine rings is 1. The Labute approximate surface area is 123 Å². The lowest BCUT2D eigenvalue weighted by Gasteiger charge is -2.34. The number of carbonyl (C=O) groups is 2. The fourth-order valence-electron chi connectivity index (χ4n) is 2.15. The van der Waals surface area contributed by atoms with E-state index in [1.165, 1.54) is 4.90 Å². The van der Waals surface area contributed by atoms with Crippen LogP contribution in [0.4, 0.5) is 13.2 Å². The second-order valence-corrected chi connectivity index (χ2v) is 4.76. The Kier molecular flexibility index (Phi) is 4.65. The second-order valence-electron chi connectivity index (χ2n) is 4.76. The van der Waals surface area contributed by atoms with E-state index in [0.717, 1.165) is 18.3 Å². The lowest BCUT2D eigenvalue weighted by atomic mass is 10.1. The highest BCUT2D eigenvalue weighted by Crippen LogP contribution is 2.27. The van der Waals surface area contributed by atoms with Crippen LogP contribution in [0.5, 0.6) is 0 Å². The van der Waals surface area contributed by atoms with Crippen molar-refractivity contribution in [1.29, 1.82) is 0 Å². The van der Waals surface area contributed by atoms with Gasteiger partial charge in [0.2, 0.25) is 0 Å². The van der Waals surface area contributed by atoms with Gasteiger partial charge < -0.3 is 14.7 Å². The highest BCUT2D eigenvalue weighted by atomic mass is 19.4. The number of halogens is 3. The number of aliphatic carboxylic acids is 1. The molecule has 0 bridgehead atoms. The summed E-state index contributed by atoms with van der Waals surface area (Å²) in [5.41, 5.74) is -1.11. The lowest BCUT2D eigenvalue weighted by Crippen LogP contribution is -2.49. The smallest absolute Gasteiger partial charge is 0.433 e. The molecular weight excluding hydrogens is 305 g/mol. The first kappa shape index (κ1) is 16.2. The molecule has 0 unspecified atom stereocenters. The van der Waals surface area contributed by atoms with E-state index in [1.807, 2.05) is 0 Å². The van der Waals surface area contributed by atoms with Crippen molar-refractivity contribution < 1.29 is 32.6 Å². The molecule has 120 valence electrons. The van der Waals surface area contributed by atoms with Crippen LogP contribution >= 0.6 is 0 Å². The van der Waals surface area contributed by atoms with Crippen molar-refractivity contribution in [2.75, 3.05) is 19.8 Å². The van der Waals surface area contributed by atoms with Gasteiger partial charge in [-0.3, -0.25) is 14.6 Å². The molecule has 0 spiro atoms. The molecule has 22 heavy (non-hydrogen) atoms. The first-order valence-electron chi connectivity index (χ1n) is 6.43. The van der Waals surface area contributed by atoms with Gasteiger partial charge in [0.25, 0.3) is 5.91 Å². The average molecular weight is 318 g/mol. The molecule has 6 nitrogen and oxygen atoms in total. The normalized spacial score (nSPS) is 19.0. The van der Waals surface area contributed by atoms with E-state index in [-0.39, 0.29) is 31.7 Å². The molecule has 1 amide bonds. The molecule has 1 fully saturated rings. The number of ether oxygens (including phenoxy) is 1. The summed E-state index contributed by atoms with van der Waals surface area (Å²) in [7, 11) is 0. The van der Waals surface area contributed by atoms with E-state index < -0.39 is 29.8 Å². The summed E-state index contributed by atoms with van der Waals surface area (Å²) in [4.78, 5) is 27.6. The highest BCUT2D eigenvalue weighted by Gasteiger charge is 2.33. The van der Waals surface area contributed by atoms with E-state index in [4.69, 9.17) is 9.84 Å². The number of alkyl halides is 3. The maximum Gasteiger partial charge on any atom is 0.433 e. The SMILES string of the molecule is O=C(O)C[C@@H]1COCCN1C(=O)c1ccc(C(F)(F)F)nc1. The van der Waals surface area contributed by atoms with Crippen molar-refractivity contribution in [2.24, 2.45) is 0 Å². The predicted octanol–water partition coefficient (Wildman–Crippen LogP) is 1.42. The van der Waals surface area contributed by atoms with Crippen molar-refractivity contribution in [3.8, 4) is 0 Å². The summed E-state index contributed by atoms with van der Waals surface area (Å²) >= 11 is 0. The lowest BCUT2D eigenvalue weighted by molar-refractivity contribution is -0.141. The number of hydrogen-bond donors (Lipinski definition) is 1. The van der Waals surface area contributed by atoms with E-state index in [2.05, 4.69) is 4.98 Å². The van der Waals surface area contributed by atoms with Gasteiger partial charge in [0.15, 0.2) is 0 Å². The molecule has 9 heteroatoms. The maximum absolute atomic E-state index is 12.4. The predicted molar refractivity (Wildman–Crippen MR) is 67.1 cm³/mol. The van der Waals surface area contributed by atoms with E-state index in [1.54, 1.807) is 0 Å². The summed E-state index contributed by atoms with van der Waals surface area (Å²) in [6.07, 6.45) is -4.02. The third kappa shape index (κ3) is 3.73. The van der Waals surface area contributed by atoms with Crippen LogP contribution in [0.1, 0.15) is 22.5 Å². The van der Waals surface area contributed by atoms with Crippen molar-refractivity contribution in [3.63, 3.8) is 0 Å². The summed E-state index contributed by atoms with van der Waals surface area (Å²) in [6, 6.07) is 1.10. The largest absolute Gasteiger partial charge is 0.481 e. The Morgan fingerprint density at radius 3 is 2.68 bits per heavy atom. The molecule has 1 aliphatic rings. The van der Waals surface area contributed by atoms with Crippen molar-refractivity contribution in [1.82, 2.24) is 9.88 Å². The molecule has 2 heterocycles. The zero-order chi connectivity index (χ0) is 16.3. The Hall–Kier alpha value is -2.16. The van der Waals surface area contributed by atoms with Crippen LogP contribution < -0.4 is 0 Å². The summed E-state index contributed by atoms with van der Waals surface area (Å²) < 4.78 is 42.5. The number of hydrogen-bond acceptors (Lipinski definition) is 4. The number of amides is 1. The minimum atomic E-state index is -4.58.